The van der Waals surface area contributed by atoms with Crippen LogP contribution in [0.2, 0.25) is 0 Å². The number of hydrogen-bond acceptors (Lipinski definition) is 2. The second-order valence-electron chi connectivity index (χ2n) is 1.98. The van der Waals surface area contributed by atoms with Crippen LogP contribution in [-0.4, -0.2) is 0 Å². The van der Waals surface area contributed by atoms with Crippen molar-refractivity contribution in [1.29, 1.82) is 0 Å². The number of rotatable bonds is 2. The Labute approximate surface area is 75.3 Å². The third-order valence-electron chi connectivity index (χ3n) is 0.997. The molecule has 5 heteroatoms. The van der Waals surface area contributed by atoms with E-state index < -0.39 is 6.35 Å². The number of benzene rings is 1. The van der Waals surface area contributed by atoms with Crippen LogP contribution in [0, 0.1) is 0 Å². The topological polar surface area (TPSA) is 35.2 Å². The van der Waals surface area contributed by atoms with Gasteiger partial charge in [-0.1, -0.05) is 0 Å². The zero-order valence-corrected chi connectivity index (χ0v) is 8.14. The minimum absolute atomic E-state index is 0.603. The Hall–Kier alpha value is -0.0100. The fraction of sp³-hybridized carbons (Fsp3) is 0. The molecule has 0 aliphatic heterocycles. The van der Waals surface area contributed by atoms with E-state index in [1.54, 1.807) is 12.1 Å². The molecule has 0 saturated heterocycles. The molecule has 0 unspecified atom stereocenters. The van der Waals surface area contributed by atoms with Gasteiger partial charge in [0.2, 0.25) is 0 Å². The maximum absolute atomic E-state index is 5.53. The molecule has 0 radical (unpaired) electrons. The summed E-state index contributed by atoms with van der Waals surface area (Å²) in [6, 6.07) is 9.01. The molecule has 0 spiro atoms. The molecule has 0 aromatic heterocycles. The molecule has 0 heterocycles. The Morgan fingerprint density at radius 1 is 1.18 bits per heavy atom. The summed E-state index contributed by atoms with van der Waals surface area (Å²) in [6.07, 6.45) is -2.95. The van der Waals surface area contributed by atoms with E-state index in [4.69, 9.17) is 32.5 Å². The van der Waals surface area contributed by atoms with E-state index >= 15 is 0 Å². The van der Waals surface area contributed by atoms with Crippen molar-refractivity contribution in [2.75, 3.05) is 0 Å². The predicted molar refractivity (Wildman–Crippen MR) is 51.3 cm³/mol. The van der Waals surface area contributed by atoms with Crippen molar-refractivity contribution < 1.29 is 4.52 Å². The van der Waals surface area contributed by atoms with Crippen LogP contribution >= 0.6 is 28.8 Å². The molecular formula is C6H8Cl2NOP. The molecule has 0 saturated carbocycles. The maximum atomic E-state index is 5.53. The van der Waals surface area contributed by atoms with E-state index in [1.807, 2.05) is 18.2 Å². The summed E-state index contributed by atoms with van der Waals surface area (Å²) in [7, 11) is 0. The molecule has 0 bridgehead atoms. The van der Waals surface area contributed by atoms with Gasteiger partial charge in [-0.2, -0.15) is 0 Å². The van der Waals surface area contributed by atoms with E-state index in [0.717, 1.165) is 0 Å². The van der Waals surface area contributed by atoms with Crippen LogP contribution < -0.4 is 10.0 Å². The second-order valence-corrected chi connectivity index (χ2v) is 7.25. The van der Waals surface area contributed by atoms with Crippen LogP contribution in [0.15, 0.2) is 30.3 Å². The molecular weight excluding hydrogens is 204 g/mol. The van der Waals surface area contributed by atoms with E-state index in [1.165, 1.54) is 0 Å². The Kier molecular flexibility index (Phi) is 2.97. The van der Waals surface area contributed by atoms with Crippen molar-refractivity contribution in [3.63, 3.8) is 0 Å². The predicted octanol–water partition coefficient (Wildman–Crippen LogP) is 2.91. The molecule has 0 aliphatic carbocycles. The average molecular weight is 212 g/mol. The molecule has 0 fully saturated rings. The van der Waals surface area contributed by atoms with E-state index in [-0.39, 0.29) is 0 Å². The summed E-state index contributed by atoms with van der Waals surface area (Å²) in [5, 5.41) is 0. The SMILES string of the molecule is N[PH](Cl)(Cl)Oc1ccccc1. The molecule has 1 aromatic rings. The van der Waals surface area contributed by atoms with Crippen molar-refractivity contribution in [3.8, 4) is 5.75 Å². The number of halogens is 2. The standard InChI is InChI=1S/C6H8Cl2NOP/c7-11(8,9)10-6-4-2-1-3-5-6/h1-5,11H,9H2. The quantitative estimate of drug-likeness (QED) is 0.764. The van der Waals surface area contributed by atoms with Gasteiger partial charge in [-0.15, -0.1) is 0 Å². The molecule has 2 nitrogen and oxygen atoms in total. The Bertz CT molecular complexity index is 224. The van der Waals surface area contributed by atoms with Crippen LogP contribution in [0.3, 0.4) is 0 Å². The van der Waals surface area contributed by atoms with Gasteiger partial charge in [0.05, 0.1) is 0 Å². The number of hydrogen-bond donors (Lipinski definition) is 1. The summed E-state index contributed by atoms with van der Waals surface area (Å²) in [5.41, 5.74) is 5.32. The normalized spacial score (nSPS) is 12.6. The van der Waals surface area contributed by atoms with Gasteiger partial charge in [-0.25, -0.2) is 0 Å². The van der Waals surface area contributed by atoms with Crippen LogP contribution in [0.1, 0.15) is 0 Å². The van der Waals surface area contributed by atoms with Gasteiger partial charge in [-0.05, 0) is 0 Å². The fourth-order valence-corrected chi connectivity index (χ4v) is 1.63. The third kappa shape index (κ3) is 3.78. The van der Waals surface area contributed by atoms with Crippen LogP contribution in [0.25, 0.3) is 0 Å². The molecule has 0 atom stereocenters. The Morgan fingerprint density at radius 3 is 2.18 bits per heavy atom. The van der Waals surface area contributed by atoms with Gasteiger partial charge in [0.15, 0.2) is 0 Å². The first-order valence-electron chi connectivity index (χ1n) is 2.99. The zero-order chi connectivity index (χ0) is 8.32. The molecule has 1 rings (SSSR count). The van der Waals surface area contributed by atoms with Crippen molar-refractivity contribution in [2.24, 2.45) is 5.50 Å². The molecule has 2 N–H and O–H groups in total. The summed E-state index contributed by atoms with van der Waals surface area (Å²) in [4.78, 5) is 0. The van der Waals surface area contributed by atoms with Gasteiger partial charge in [0.25, 0.3) is 0 Å². The van der Waals surface area contributed by atoms with Gasteiger partial charge in [0.1, 0.15) is 0 Å². The van der Waals surface area contributed by atoms with Gasteiger partial charge in [-0.3, -0.25) is 0 Å². The minimum atomic E-state index is -2.95. The molecule has 62 valence electrons. The first-order valence-corrected chi connectivity index (χ1v) is 6.99. The van der Waals surface area contributed by atoms with Crippen LogP contribution in [0.4, 0.5) is 0 Å². The summed E-state index contributed by atoms with van der Waals surface area (Å²) in [6.45, 7) is 0. The second kappa shape index (κ2) is 3.59. The van der Waals surface area contributed by atoms with Crippen molar-refractivity contribution >= 4 is 28.8 Å². The van der Waals surface area contributed by atoms with E-state index in [2.05, 4.69) is 0 Å². The third-order valence-corrected chi connectivity index (χ3v) is 1.97. The van der Waals surface area contributed by atoms with Gasteiger partial charge in [0, 0.05) is 0 Å². The summed E-state index contributed by atoms with van der Waals surface area (Å²) >= 11 is 11.1. The Morgan fingerprint density at radius 2 is 1.73 bits per heavy atom. The Balaban J connectivity index is 2.66. The summed E-state index contributed by atoms with van der Waals surface area (Å²) in [5.74, 6) is 0.603. The molecule has 0 aliphatic rings. The number of para-hydroxylation sites is 1. The zero-order valence-electron chi connectivity index (χ0n) is 5.63. The van der Waals surface area contributed by atoms with Gasteiger partial charge >= 0.3 is 74.9 Å². The van der Waals surface area contributed by atoms with Crippen molar-refractivity contribution in [1.82, 2.24) is 0 Å². The first kappa shape index (κ1) is 9.08. The van der Waals surface area contributed by atoms with Gasteiger partial charge < -0.3 is 0 Å². The van der Waals surface area contributed by atoms with Crippen molar-refractivity contribution in [2.45, 2.75) is 0 Å². The monoisotopic (exact) mass is 211 g/mol. The fourth-order valence-electron chi connectivity index (χ4n) is 0.646. The van der Waals surface area contributed by atoms with Crippen molar-refractivity contribution in [3.05, 3.63) is 30.3 Å². The van der Waals surface area contributed by atoms with Crippen LogP contribution in [0.5, 0.6) is 5.75 Å². The van der Waals surface area contributed by atoms with E-state index in [9.17, 15) is 0 Å². The van der Waals surface area contributed by atoms with E-state index in [0.29, 0.717) is 5.75 Å². The first-order chi connectivity index (χ1) is 5.08. The summed E-state index contributed by atoms with van der Waals surface area (Å²) < 4.78 is 5.05. The molecule has 1 aromatic carbocycles. The average Bonchev–Trinajstić information content (AvgIpc) is 1.85. The molecule has 0 amide bonds. The van der Waals surface area contributed by atoms with Crippen LogP contribution in [-0.2, 0) is 0 Å². The molecule has 11 heavy (non-hydrogen) atoms. The number of nitrogens with two attached hydrogens (primary N) is 1.